The number of anilines is 1. The molecule has 3 rings (SSSR count). The lowest BCUT2D eigenvalue weighted by molar-refractivity contribution is 0.222. The lowest BCUT2D eigenvalue weighted by atomic mass is 9.78. The minimum Gasteiger partial charge on any atom is -0.461 e. The van der Waals surface area contributed by atoms with Crippen LogP contribution >= 0.6 is 0 Å². The van der Waals surface area contributed by atoms with Crippen molar-refractivity contribution in [3.63, 3.8) is 0 Å². The Kier molecular flexibility index (Phi) is 3.73. The van der Waals surface area contributed by atoms with Crippen molar-refractivity contribution in [2.45, 2.75) is 45.1 Å². The molecule has 110 valence electrons. The fraction of sp³-hybridized carbons (Fsp3) is 0.438. The quantitative estimate of drug-likeness (QED) is 0.933. The van der Waals surface area contributed by atoms with Crippen LogP contribution in [-0.2, 0) is 0 Å². The highest BCUT2D eigenvalue weighted by atomic mass is 16.5. The van der Waals surface area contributed by atoms with Crippen molar-refractivity contribution in [1.82, 2.24) is 15.0 Å². The summed E-state index contributed by atoms with van der Waals surface area (Å²) in [6, 6.07) is 8.55. The van der Waals surface area contributed by atoms with Crippen LogP contribution in [0.4, 0.5) is 5.95 Å². The van der Waals surface area contributed by atoms with Crippen LogP contribution < -0.4 is 10.5 Å². The molecule has 5 heteroatoms. The monoisotopic (exact) mass is 284 g/mol. The van der Waals surface area contributed by atoms with Gasteiger partial charge in [-0.1, -0.05) is 30.7 Å². The first-order valence-corrected chi connectivity index (χ1v) is 7.41. The summed E-state index contributed by atoms with van der Waals surface area (Å²) in [5.74, 6) is 1.40. The van der Waals surface area contributed by atoms with Gasteiger partial charge < -0.3 is 10.5 Å². The third-order valence-electron chi connectivity index (χ3n) is 3.72. The van der Waals surface area contributed by atoms with Crippen LogP contribution in [-0.4, -0.2) is 21.1 Å². The van der Waals surface area contributed by atoms with E-state index in [9.17, 15) is 0 Å². The molecule has 0 bridgehead atoms. The van der Waals surface area contributed by atoms with Crippen molar-refractivity contribution in [2.75, 3.05) is 5.73 Å². The largest absolute Gasteiger partial charge is 0.461 e. The van der Waals surface area contributed by atoms with Crippen LogP contribution in [0.2, 0.25) is 0 Å². The van der Waals surface area contributed by atoms with Crippen LogP contribution in [0.3, 0.4) is 0 Å². The first-order chi connectivity index (χ1) is 10.1. The molecule has 1 saturated carbocycles. The molecule has 0 unspecified atom stereocenters. The summed E-state index contributed by atoms with van der Waals surface area (Å²) in [6.07, 6.45) is 3.75. The van der Waals surface area contributed by atoms with Crippen LogP contribution in [0.25, 0.3) is 11.4 Å². The second-order valence-corrected chi connectivity index (χ2v) is 5.68. The van der Waals surface area contributed by atoms with Crippen molar-refractivity contribution < 1.29 is 4.74 Å². The van der Waals surface area contributed by atoms with E-state index >= 15 is 0 Å². The van der Waals surface area contributed by atoms with E-state index in [4.69, 9.17) is 10.5 Å². The molecule has 1 heterocycles. The van der Waals surface area contributed by atoms with Gasteiger partial charge in [0.15, 0.2) is 5.82 Å². The van der Waals surface area contributed by atoms with Crippen molar-refractivity contribution >= 4 is 5.95 Å². The highest BCUT2D eigenvalue weighted by Crippen LogP contribution is 2.40. The molecule has 1 aliphatic carbocycles. The number of benzene rings is 1. The minimum atomic E-state index is 0.00141. The number of nitrogens with zero attached hydrogens (tertiary/aromatic N) is 3. The zero-order chi connectivity index (χ0) is 14.8. The predicted octanol–water partition coefficient (Wildman–Crippen LogP) is 3.18. The summed E-state index contributed by atoms with van der Waals surface area (Å²) in [7, 11) is 0. The highest BCUT2D eigenvalue weighted by molar-refractivity contribution is 5.62. The number of hydrogen-bond donors (Lipinski definition) is 1. The Bertz CT molecular complexity index is 638. The smallest absolute Gasteiger partial charge is 0.322 e. The van der Waals surface area contributed by atoms with Gasteiger partial charge in [0, 0.05) is 5.56 Å². The van der Waals surface area contributed by atoms with Gasteiger partial charge in [-0.3, -0.25) is 0 Å². The number of aromatic nitrogens is 3. The molecule has 1 fully saturated rings. The number of nitrogen functional groups attached to an aromatic ring is 1. The van der Waals surface area contributed by atoms with Crippen LogP contribution in [0, 0.1) is 0 Å². The Balaban J connectivity index is 2.01. The van der Waals surface area contributed by atoms with Gasteiger partial charge in [-0.25, -0.2) is 0 Å². The molecule has 0 saturated heterocycles. The van der Waals surface area contributed by atoms with E-state index in [0.29, 0.717) is 11.7 Å². The molecule has 5 nitrogen and oxygen atoms in total. The van der Waals surface area contributed by atoms with Gasteiger partial charge in [0.2, 0.25) is 5.95 Å². The third-order valence-corrected chi connectivity index (χ3v) is 3.72. The minimum absolute atomic E-state index is 0.00141. The molecule has 1 aromatic heterocycles. The van der Waals surface area contributed by atoms with E-state index in [1.165, 1.54) is 24.8 Å². The second-order valence-electron chi connectivity index (χ2n) is 5.68. The molecule has 1 aliphatic rings. The van der Waals surface area contributed by atoms with Crippen molar-refractivity contribution in [3.8, 4) is 17.4 Å². The number of hydrogen-bond acceptors (Lipinski definition) is 5. The molecule has 21 heavy (non-hydrogen) atoms. The van der Waals surface area contributed by atoms with Gasteiger partial charge in [0.25, 0.3) is 0 Å². The lowest BCUT2D eigenvalue weighted by Gasteiger charge is -2.27. The Morgan fingerprint density at radius 3 is 2.57 bits per heavy atom. The van der Waals surface area contributed by atoms with E-state index in [1.54, 1.807) is 0 Å². The summed E-state index contributed by atoms with van der Waals surface area (Å²) in [5, 5.41) is 0. The predicted molar refractivity (Wildman–Crippen MR) is 82.0 cm³/mol. The molecule has 0 atom stereocenters. The lowest BCUT2D eigenvalue weighted by Crippen LogP contribution is -2.13. The van der Waals surface area contributed by atoms with Crippen molar-refractivity contribution in [3.05, 3.63) is 29.8 Å². The average Bonchev–Trinajstić information content (AvgIpc) is 2.35. The third kappa shape index (κ3) is 2.96. The first kappa shape index (κ1) is 13.8. The maximum atomic E-state index is 5.80. The number of nitrogens with two attached hydrogens (primary N) is 1. The number of ether oxygens (including phenoxy) is 1. The van der Waals surface area contributed by atoms with Gasteiger partial charge in [0.1, 0.15) is 0 Å². The van der Waals surface area contributed by atoms with E-state index in [0.717, 1.165) is 5.56 Å². The molecule has 0 spiro atoms. The maximum absolute atomic E-state index is 5.80. The van der Waals surface area contributed by atoms with Gasteiger partial charge in [0.05, 0.1) is 6.10 Å². The van der Waals surface area contributed by atoms with E-state index < -0.39 is 0 Å². The normalized spacial score (nSPS) is 15.0. The van der Waals surface area contributed by atoms with Gasteiger partial charge >= 0.3 is 6.01 Å². The SMILES string of the molecule is CC(C)Oc1nc(N)nc(-c2ccccc2C2CCC2)n1. The van der Waals surface area contributed by atoms with Gasteiger partial charge in [-0.05, 0) is 38.2 Å². The zero-order valence-electron chi connectivity index (χ0n) is 12.4. The van der Waals surface area contributed by atoms with Crippen LogP contribution in [0.15, 0.2) is 24.3 Å². The highest BCUT2D eigenvalue weighted by Gasteiger charge is 2.23. The van der Waals surface area contributed by atoms with Gasteiger partial charge in [-0.2, -0.15) is 15.0 Å². The summed E-state index contributed by atoms with van der Waals surface area (Å²) < 4.78 is 5.56. The van der Waals surface area contributed by atoms with Crippen LogP contribution in [0.5, 0.6) is 6.01 Å². The Morgan fingerprint density at radius 2 is 1.90 bits per heavy atom. The number of rotatable bonds is 4. The van der Waals surface area contributed by atoms with Crippen molar-refractivity contribution in [1.29, 1.82) is 0 Å². The molecule has 0 radical (unpaired) electrons. The summed E-state index contributed by atoms with van der Waals surface area (Å²) >= 11 is 0. The molecular formula is C16H20N4O. The van der Waals surface area contributed by atoms with Gasteiger partial charge in [-0.15, -0.1) is 0 Å². The zero-order valence-corrected chi connectivity index (χ0v) is 12.4. The fourth-order valence-corrected chi connectivity index (χ4v) is 2.53. The van der Waals surface area contributed by atoms with E-state index in [2.05, 4.69) is 27.1 Å². The van der Waals surface area contributed by atoms with E-state index in [-0.39, 0.29) is 18.1 Å². The Morgan fingerprint density at radius 1 is 1.14 bits per heavy atom. The molecule has 2 aromatic rings. The topological polar surface area (TPSA) is 73.9 Å². The van der Waals surface area contributed by atoms with Crippen molar-refractivity contribution in [2.24, 2.45) is 0 Å². The molecule has 0 aliphatic heterocycles. The Labute approximate surface area is 124 Å². The average molecular weight is 284 g/mol. The summed E-state index contributed by atoms with van der Waals surface area (Å²) in [4.78, 5) is 12.8. The molecule has 1 aromatic carbocycles. The molecular weight excluding hydrogens is 264 g/mol. The van der Waals surface area contributed by atoms with Crippen LogP contribution in [0.1, 0.15) is 44.6 Å². The maximum Gasteiger partial charge on any atom is 0.322 e. The summed E-state index contributed by atoms with van der Waals surface area (Å²) in [6.45, 7) is 3.87. The molecule has 0 amide bonds. The van der Waals surface area contributed by atoms with E-state index in [1.807, 2.05) is 26.0 Å². The first-order valence-electron chi connectivity index (χ1n) is 7.41. The molecule has 2 N–H and O–H groups in total. The Hall–Kier alpha value is -2.17. The standard InChI is InChI=1S/C16H20N4O/c1-10(2)21-16-19-14(18-15(17)20-16)13-9-4-3-8-12(13)11-6-5-7-11/h3-4,8-11H,5-7H2,1-2H3,(H2,17,18,19,20). The summed E-state index contributed by atoms with van der Waals surface area (Å²) in [5.41, 5.74) is 8.13. The second kappa shape index (κ2) is 5.68. The fourth-order valence-electron chi connectivity index (χ4n) is 2.53.